The Hall–Kier alpha value is -0.850. The summed E-state index contributed by atoms with van der Waals surface area (Å²) in [5, 5.41) is 0. The lowest BCUT2D eigenvalue weighted by Crippen LogP contribution is -2.31. The van der Waals surface area contributed by atoms with Crippen LogP contribution in [0.1, 0.15) is 101 Å². The summed E-state index contributed by atoms with van der Waals surface area (Å²) in [5.41, 5.74) is 3.44. The summed E-state index contributed by atoms with van der Waals surface area (Å²) >= 11 is 0. The minimum absolute atomic E-state index is 0.181. The predicted octanol–water partition coefficient (Wildman–Crippen LogP) is 7.44. The van der Waals surface area contributed by atoms with Crippen LogP contribution in [0.3, 0.4) is 0 Å². The first kappa shape index (κ1) is 18.5. The summed E-state index contributed by atoms with van der Waals surface area (Å²) in [6.45, 7) is 4.60. The maximum Gasteiger partial charge on any atom is 0.130 e. The highest BCUT2D eigenvalue weighted by Gasteiger charge is 2.37. The molecule has 1 aromatic rings. The molecule has 2 saturated carbocycles. The zero-order valence-electron chi connectivity index (χ0n) is 16.9. The van der Waals surface area contributed by atoms with Gasteiger partial charge in [0.1, 0.15) is 5.82 Å². The Balaban J connectivity index is 1.46. The van der Waals surface area contributed by atoms with Gasteiger partial charge in [-0.25, -0.2) is 4.39 Å². The van der Waals surface area contributed by atoms with Crippen LogP contribution in [-0.2, 0) is 12.8 Å². The second-order valence-electron chi connectivity index (χ2n) is 9.62. The van der Waals surface area contributed by atoms with Gasteiger partial charge in [0.05, 0.1) is 0 Å². The van der Waals surface area contributed by atoms with Crippen molar-refractivity contribution in [2.75, 3.05) is 0 Å². The lowest BCUT2D eigenvalue weighted by molar-refractivity contribution is 0.113. The lowest BCUT2D eigenvalue weighted by atomic mass is 9.63. The molecule has 0 saturated heterocycles. The normalized spacial score (nSPS) is 34.2. The summed E-state index contributed by atoms with van der Waals surface area (Å²) < 4.78 is 15.4. The van der Waals surface area contributed by atoms with Crippen LogP contribution < -0.4 is 0 Å². The molecule has 0 aliphatic heterocycles. The second kappa shape index (κ2) is 8.03. The Kier molecular flexibility index (Phi) is 5.72. The highest BCUT2D eigenvalue weighted by molar-refractivity contribution is 5.38. The summed E-state index contributed by atoms with van der Waals surface area (Å²) in [7, 11) is 0. The highest BCUT2D eigenvalue weighted by atomic mass is 19.1. The van der Waals surface area contributed by atoms with Crippen molar-refractivity contribution in [1.29, 1.82) is 0 Å². The molecule has 0 N–H and O–H groups in total. The minimum Gasteiger partial charge on any atom is -0.206 e. The van der Waals surface area contributed by atoms with Crippen molar-refractivity contribution in [3.63, 3.8) is 0 Å². The molecule has 3 aliphatic rings. The van der Waals surface area contributed by atoms with E-state index in [1.807, 2.05) is 0 Å². The third-order valence-corrected chi connectivity index (χ3v) is 8.12. The van der Waals surface area contributed by atoms with Gasteiger partial charge in [0.15, 0.2) is 0 Å². The van der Waals surface area contributed by atoms with E-state index in [4.69, 9.17) is 0 Å². The van der Waals surface area contributed by atoms with E-state index in [1.54, 1.807) is 0 Å². The lowest BCUT2D eigenvalue weighted by Gasteiger charge is -2.42. The quantitative estimate of drug-likeness (QED) is 0.526. The van der Waals surface area contributed by atoms with Crippen LogP contribution in [0.25, 0.3) is 0 Å². The standard InChI is InChI=1S/C25H37F/c1-3-5-18-6-8-20-16-22(10-9-19(20)15-18)24-13-11-21-14-17(4-2)7-12-23(21)25(24)26/h11,13,17-20,22H,3-10,12,14-16H2,1-2H3. The molecule has 0 amide bonds. The van der Waals surface area contributed by atoms with Crippen molar-refractivity contribution in [2.45, 2.75) is 96.8 Å². The van der Waals surface area contributed by atoms with Gasteiger partial charge in [-0.15, -0.1) is 0 Å². The molecule has 1 aromatic carbocycles. The molecule has 0 bridgehead atoms. The zero-order valence-corrected chi connectivity index (χ0v) is 16.9. The number of benzene rings is 1. The van der Waals surface area contributed by atoms with Crippen molar-refractivity contribution >= 4 is 0 Å². The highest BCUT2D eigenvalue weighted by Crippen LogP contribution is 2.49. The summed E-state index contributed by atoms with van der Waals surface area (Å²) in [5.74, 6) is 4.20. The fraction of sp³-hybridized carbons (Fsp3) is 0.760. The van der Waals surface area contributed by atoms with E-state index in [2.05, 4.69) is 26.0 Å². The average molecular weight is 357 g/mol. The van der Waals surface area contributed by atoms with E-state index in [9.17, 15) is 0 Å². The first-order chi connectivity index (χ1) is 12.7. The van der Waals surface area contributed by atoms with E-state index in [1.165, 1.54) is 69.8 Å². The molecule has 4 rings (SSSR count). The van der Waals surface area contributed by atoms with Crippen molar-refractivity contribution < 1.29 is 4.39 Å². The van der Waals surface area contributed by atoms with Crippen LogP contribution in [0.4, 0.5) is 4.39 Å². The molecule has 0 radical (unpaired) electrons. The summed E-state index contributed by atoms with van der Waals surface area (Å²) in [6.07, 6.45) is 15.3. The fourth-order valence-electron chi connectivity index (χ4n) is 6.51. The topological polar surface area (TPSA) is 0 Å². The van der Waals surface area contributed by atoms with E-state index in [0.29, 0.717) is 5.92 Å². The van der Waals surface area contributed by atoms with Crippen LogP contribution in [-0.4, -0.2) is 0 Å². The molecule has 2 fully saturated rings. The molecule has 0 heterocycles. The zero-order chi connectivity index (χ0) is 18.1. The largest absolute Gasteiger partial charge is 0.206 e. The molecule has 5 unspecified atom stereocenters. The van der Waals surface area contributed by atoms with Crippen LogP contribution in [0.15, 0.2) is 12.1 Å². The number of hydrogen-bond acceptors (Lipinski definition) is 0. The maximum absolute atomic E-state index is 15.4. The Morgan fingerprint density at radius 3 is 2.54 bits per heavy atom. The molecule has 0 spiro atoms. The third-order valence-electron chi connectivity index (χ3n) is 8.12. The number of halogens is 1. The Morgan fingerprint density at radius 1 is 0.923 bits per heavy atom. The Morgan fingerprint density at radius 2 is 1.73 bits per heavy atom. The van der Waals surface area contributed by atoms with E-state index in [-0.39, 0.29) is 5.82 Å². The van der Waals surface area contributed by atoms with Gasteiger partial charge in [-0.1, -0.05) is 51.7 Å². The fourth-order valence-corrected chi connectivity index (χ4v) is 6.51. The summed E-state index contributed by atoms with van der Waals surface area (Å²) in [6, 6.07) is 4.44. The third kappa shape index (κ3) is 3.60. The van der Waals surface area contributed by atoms with Crippen LogP contribution in [0, 0.1) is 29.5 Å². The number of hydrogen-bond donors (Lipinski definition) is 0. The van der Waals surface area contributed by atoms with Gasteiger partial charge in [-0.3, -0.25) is 0 Å². The number of rotatable bonds is 4. The van der Waals surface area contributed by atoms with E-state index < -0.39 is 0 Å². The van der Waals surface area contributed by atoms with E-state index >= 15 is 4.39 Å². The summed E-state index contributed by atoms with van der Waals surface area (Å²) in [4.78, 5) is 0. The molecule has 1 heteroatoms. The van der Waals surface area contributed by atoms with Gasteiger partial charge in [-0.2, -0.15) is 0 Å². The number of fused-ring (bicyclic) bond motifs is 2. The minimum atomic E-state index is 0.181. The van der Waals surface area contributed by atoms with Gasteiger partial charge in [-0.05, 0) is 97.6 Å². The molecular formula is C25H37F. The SMILES string of the molecule is CCCC1CCC2CC(c3ccc4c(c3F)CCC(CC)C4)CCC2C1. The molecule has 3 aliphatic carbocycles. The molecule has 5 atom stereocenters. The van der Waals surface area contributed by atoms with Crippen molar-refractivity contribution in [3.05, 3.63) is 34.6 Å². The molecular weight excluding hydrogens is 319 g/mol. The second-order valence-corrected chi connectivity index (χ2v) is 9.62. The van der Waals surface area contributed by atoms with Gasteiger partial charge in [0.25, 0.3) is 0 Å². The molecule has 0 nitrogen and oxygen atoms in total. The van der Waals surface area contributed by atoms with Crippen LogP contribution >= 0.6 is 0 Å². The van der Waals surface area contributed by atoms with E-state index in [0.717, 1.165) is 47.6 Å². The van der Waals surface area contributed by atoms with Crippen molar-refractivity contribution in [1.82, 2.24) is 0 Å². The molecule has 26 heavy (non-hydrogen) atoms. The van der Waals surface area contributed by atoms with Gasteiger partial charge in [0.2, 0.25) is 0 Å². The Bertz CT molecular complexity index is 619. The smallest absolute Gasteiger partial charge is 0.130 e. The van der Waals surface area contributed by atoms with Crippen LogP contribution in [0.5, 0.6) is 0 Å². The molecule has 0 aromatic heterocycles. The van der Waals surface area contributed by atoms with Gasteiger partial charge < -0.3 is 0 Å². The van der Waals surface area contributed by atoms with Crippen LogP contribution in [0.2, 0.25) is 0 Å². The van der Waals surface area contributed by atoms with Gasteiger partial charge >= 0.3 is 0 Å². The van der Waals surface area contributed by atoms with Crippen molar-refractivity contribution in [3.8, 4) is 0 Å². The molecule has 144 valence electrons. The predicted molar refractivity (Wildman–Crippen MR) is 108 cm³/mol. The first-order valence-electron chi connectivity index (χ1n) is 11.5. The Labute approximate surface area is 160 Å². The first-order valence-corrected chi connectivity index (χ1v) is 11.5. The maximum atomic E-state index is 15.4. The monoisotopic (exact) mass is 356 g/mol. The average Bonchev–Trinajstić information content (AvgIpc) is 2.68. The van der Waals surface area contributed by atoms with Gasteiger partial charge in [0, 0.05) is 0 Å². The van der Waals surface area contributed by atoms with Crippen molar-refractivity contribution in [2.24, 2.45) is 23.7 Å².